The number of hydrogen-bond donors (Lipinski definition) is 2. The Labute approximate surface area is 145 Å². The number of hydrogen-bond acceptors (Lipinski definition) is 2. The van der Waals surface area contributed by atoms with Crippen LogP contribution in [-0.2, 0) is 11.8 Å². The Kier molecular flexibility index (Phi) is 4.74. The van der Waals surface area contributed by atoms with Gasteiger partial charge in [-0.25, -0.2) is 4.79 Å². The van der Waals surface area contributed by atoms with Crippen molar-refractivity contribution in [3.8, 4) is 0 Å². The van der Waals surface area contributed by atoms with E-state index in [1.165, 1.54) is 11.1 Å². The average molecular weight is 330 g/mol. The average Bonchev–Trinajstić information content (AvgIpc) is 2.72. The van der Waals surface area contributed by atoms with Crippen LogP contribution in [0.2, 0.25) is 0 Å². The number of carboxylic acids is 1. The van der Waals surface area contributed by atoms with Crippen molar-refractivity contribution >= 4 is 5.97 Å². The molecule has 2 N–H and O–H groups in total. The van der Waals surface area contributed by atoms with Crippen LogP contribution < -0.4 is 0 Å². The fourth-order valence-electron chi connectivity index (χ4n) is 5.34. The molecule has 0 saturated heterocycles. The number of benzene rings is 1. The van der Waals surface area contributed by atoms with Crippen LogP contribution in [0.3, 0.4) is 0 Å². The maximum Gasteiger partial charge on any atom is 0.335 e. The van der Waals surface area contributed by atoms with Gasteiger partial charge in [-0.15, -0.1) is 0 Å². The van der Waals surface area contributed by atoms with Gasteiger partial charge in [0.1, 0.15) is 0 Å². The van der Waals surface area contributed by atoms with Crippen LogP contribution in [0.15, 0.2) is 18.2 Å². The topological polar surface area (TPSA) is 57.5 Å². The second-order valence-electron chi connectivity index (χ2n) is 7.95. The van der Waals surface area contributed by atoms with Crippen LogP contribution >= 0.6 is 0 Å². The normalized spacial score (nSPS) is 32.5. The monoisotopic (exact) mass is 330 g/mol. The fourth-order valence-corrected chi connectivity index (χ4v) is 5.34. The lowest BCUT2D eigenvalue weighted by Crippen LogP contribution is -2.47. The molecule has 3 rings (SSSR count). The van der Waals surface area contributed by atoms with Crippen LogP contribution in [-0.4, -0.2) is 21.8 Å². The molecule has 1 fully saturated rings. The molecule has 3 heteroatoms. The summed E-state index contributed by atoms with van der Waals surface area (Å²) in [6, 6.07) is 5.77. The largest absolute Gasteiger partial charge is 0.478 e. The highest BCUT2D eigenvalue weighted by Gasteiger charge is 2.49. The molecule has 1 aromatic carbocycles. The summed E-state index contributed by atoms with van der Waals surface area (Å²) >= 11 is 0. The van der Waals surface area contributed by atoms with Gasteiger partial charge in [-0.2, -0.15) is 0 Å². The van der Waals surface area contributed by atoms with Gasteiger partial charge in [0.05, 0.1) is 11.2 Å². The number of carbonyl (C=O) groups is 1. The Morgan fingerprint density at radius 2 is 2.08 bits per heavy atom. The van der Waals surface area contributed by atoms with Crippen molar-refractivity contribution in [2.75, 3.05) is 0 Å². The molecule has 0 spiro atoms. The summed E-state index contributed by atoms with van der Waals surface area (Å²) < 4.78 is 0. The third-order valence-corrected chi connectivity index (χ3v) is 6.69. The second kappa shape index (κ2) is 6.51. The lowest BCUT2D eigenvalue weighted by Gasteiger charge is -2.50. The predicted molar refractivity (Wildman–Crippen MR) is 95.5 cm³/mol. The van der Waals surface area contributed by atoms with Gasteiger partial charge in [0.25, 0.3) is 0 Å². The van der Waals surface area contributed by atoms with E-state index in [2.05, 4.69) is 19.9 Å². The molecule has 0 heterocycles. The Morgan fingerprint density at radius 3 is 2.75 bits per heavy atom. The third kappa shape index (κ3) is 2.88. The van der Waals surface area contributed by atoms with Crippen molar-refractivity contribution in [2.24, 2.45) is 5.92 Å². The third-order valence-electron chi connectivity index (χ3n) is 6.69. The van der Waals surface area contributed by atoms with E-state index in [1.807, 2.05) is 6.07 Å². The SMILES string of the molecule is CCC[C@]12CC[C@](O)(CC)C[C@H]1CCCc1cc(C(=O)O)ccc12. The predicted octanol–water partition coefficient (Wildman–Crippen LogP) is 4.70. The molecule has 0 amide bonds. The summed E-state index contributed by atoms with van der Waals surface area (Å²) in [5, 5.41) is 20.2. The van der Waals surface area contributed by atoms with E-state index >= 15 is 0 Å². The molecule has 1 saturated carbocycles. The zero-order valence-corrected chi connectivity index (χ0v) is 15.0. The van der Waals surface area contributed by atoms with Crippen molar-refractivity contribution in [3.63, 3.8) is 0 Å². The number of rotatable bonds is 4. The first-order chi connectivity index (χ1) is 11.4. The van der Waals surface area contributed by atoms with Crippen LogP contribution in [0.4, 0.5) is 0 Å². The molecule has 132 valence electrons. The minimum Gasteiger partial charge on any atom is -0.478 e. The molecule has 0 aliphatic heterocycles. The maximum absolute atomic E-state index is 11.4. The smallest absolute Gasteiger partial charge is 0.335 e. The first-order valence-corrected chi connectivity index (χ1v) is 9.53. The molecule has 0 unspecified atom stereocenters. The Hall–Kier alpha value is -1.35. The van der Waals surface area contributed by atoms with E-state index < -0.39 is 11.6 Å². The summed E-state index contributed by atoms with van der Waals surface area (Å²) in [7, 11) is 0. The first kappa shape index (κ1) is 17.5. The van der Waals surface area contributed by atoms with Crippen LogP contribution in [0.5, 0.6) is 0 Å². The summed E-state index contributed by atoms with van der Waals surface area (Å²) in [6.45, 7) is 4.33. The molecular weight excluding hydrogens is 300 g/mol. The van der Waals surface area contributed by atoms with Gasteiger partial charge in [-0.1, -0.05) is 26.3 Å². The molecule has 3 nitrogen and oxygen atoms in total. The standard InChI is InChI=1S/C21H30O3/c1-3-10-21-12-11-20(24,4-2)14-17(21)7-5-6-15-13-16(19(22)23)8-9-18(15)21/h8-9,13,17,24H,3-7,10-12,14H2,1-2H3,(H,22,23)/t17-,20-,21+/m1/s1. The summed E-state index contributed by atoms with van der Waals surface area (Å²) in [5.74, 6) is -0.333. The van der Waals surface area contributed by atoms with E-state index in [9.17, 15) is 15.0 Å². The molecule has 3 atom stereocenters. The molecule has 0 radical (unpaired) electrons. The van der Waals surface area contributed by atoms with Gasteiger partial charge in [0.15, 0.2) is 0 Å². The Morgan fingerprint density at radius 1 is 1.29 bits per heavy atom. The van der Waals surface area contributed by atoms with Crippen molar-refractivity contribution in [2.45, 2.75) is 82.7 Å². The van der Waals surface area contributed by atoms with Gasteiger partial charge in [-0.05, 0) is 86.0 Å². The van der Waals surface area contributed by atoms with Crippen molar-refractivity contribution < 1.29 is 15.0 Å². The van der Waals surface area contributed by atoms with E-state index in [0.29, 0.717) is 11.5 Å². The van der Waals surface area contributed by atoms with Gasteiger partial charge >= 0.3 is 5.97 Å². The quantitative estimate of drug-likeness (QED) is 0.841. The van der Waals surface area contributed by atoms with Crippen molar-refractivity contribution in [3.05, 3.63) is 34.9 Å². The molecule has 0 aromatic heterocycles. The lowest BCUT2D eigenvalue weighted by molar-refractivity contribution is -0.0517. The van der Waals surface area contributed by atoms with Gasteiger partial charge in [-0.3, -0.25) is 0 Å². The summed E-state index contributed by atoms with van der Waals surface area (Å²) in [5.41, 5.74) is 2.62. The molecule has 0 bridgehead atoms. The van der Waals surface area contributed by atoms with Crippen LogP contribution in [0.1, 0.15) is 86.7 Å². The molecule has 1 aromatic rings. The highest BCUT2D eigenvalue weighted by Crippen LogP contribution is 2.54. The minimum atomic E-state index is -0.841. The minimum absolute atomic E-state index is 0.124. The highest BCUT2D eigenvalue weighted by molar-refractivity contribution is 5.88. The zero-order chi connectivity index (χ0) is 17.4. The molecular formula is C21H30O3. The number of aromatic carboxylic acids is 1. The number of aryl methyl sites for hydroxylation is 1. The van der Waals surface area contributed by atoms with E-state index in [0.717, 1.165) is 57.8 Å². The van der Waals surface area contributed by atoms with Crippen LogP contribution in [0.25, 0.3) is 0 Å². The Balaban J connectivity index is 2.07. The van der Waals surface area contributed by atoms with Crippen molar-refractivity contribution in [1.29, 1.82) is 0 Å². The molecule has 2 aliphatic carbocycles. The second-order valence-corrected chi connectivity index (χ2v) is 7.95. The summed E-state index contributed by atoms with van der Waals surface area (Å²) in [6.07, 6.45) is 9.06. The highest BCUT2D eigenvalue weighted by atomic mass is 16.4. The first-order valence-electron chi connectivity index (χ1n) is 9.53. The molecule has 2 aliphatic rings. The van der Waals surface area contributed by atoms with E-state index in [4.69, 9.17) is 0 Å². The number of fused-ring (bicyclic) bond motifs is 3. The lowest BCUT2D eigenvalue weighted by atomic mass is 9.56. The van der Waals surface area contributed by atoms with Crippen molar-refractivity contribution in [1.82, 2.24) is 0 Å². The van der Waals surface area contributed by atoms with Crippen LogP contribution in [0, 0.1) is 5.92 Å². The zero-order valence-electron chi connectivity index (χ0n) is 15.0. The van der Waals surface area contributed by atoms with E-state index in [-0.39, 0.29) is 5.41 Å². The van der Waals surface area contributed by atoms with E-state index in [1.54, 1.807) is 6.07 Å². The van der Waals surface area contributed by atoms with Gasteiger partial charge in [0.2, 0.25) is 0 Å². The fraction of sp³-hybridized carbons (Fsp3) is 0.667. The Bertz CT molecular complexity index is 624. The summed E-state index contributed by atoms with van der Waals surface area (Å²) in [4.78, 5) is 11.4. The number of carboxylic acid groups (broad SMARTS) is 1. The maximum atomic E-state index is 11.4. The van der Waals surface area contributed by atoms with Gasteiger partial charge in [0, 0.05) is 0 Å². The number of aliphatic hydroxyl groups is 1. The van der Waals surface area contributed by atoms with Gasteiger partial charge < -0.3 is 10.2 Å². The molecule has 24 heavy (non-hydrogen) atoms.